The van der Waals surface area contributed by atoms with Gasteiger partial charge in [-0.3, -0.25) is 4.79 Å². The highest BCUT2D eigenvalue weighted by atomic mass is 16.5. The van der Waals surface area contributed by atoms with Crippen LogP contribution in [0.1, 0.15) is 31.7 Å². The molecular formula is C15H23NO3. The van der Waals surface area contributed by atoms with E-state index in [0.717, 1.165) is 36.4 Å². The number of rotatable bonds is 8. The third-order valence-corrected chi connectivity index (χ3v) is 3.03. The fourth-order valence-electron chi connectivity index (χ4n) is 1.94. The Morgan fingerprint density at radius 1 is 1.37 bits per heavy atom. The first-order valence-electron chi connectivity index (χ1n) is 6.71. The van der Waals surface area contributed by atoms with Gasteiger partial charge in [0.15, 0.2) is 0 Å². The van der Waals surface area contributed by atoms with Crippen LogP contribution < -0.4 is 9.64 Å². The smallest absolute Gasteiger partial charge is 0.303 e. The minimum absolute atomic E-state index is 0.246. The zero-order chi connectivity index (χ0) is 14.3. The summed E-state index contributed by atoms with van der Waals surface area (Å²) in [4.78, 5) is 12.6. The first-order valence-corrected chi connectivity index (χ1v) is 6.71. The van der Waals surface area contributed by atoms with Gasteiger partial charge in [-0.1, -0.05) is 0 Å². The van der Waals surface area contributed by atoms with Crippen molar-refractivity contribution < 1.29 is 14.6 Å². The molecule has 19 heavy (non-hydrogen) atoms. The van der Waals surface area contributed by atoms with Crippen LogP contribution in [0.2, 0.25) is 0 Å². The fourth-order valence-corrected chi connectivity index (χ4v) is 1.94. The van der Waals surface area contributed by atoms with Crippen LogP contribution in [0.15, 0.2) is 18.2 Å². The van der Waals surface area contributed by atoms with Crippen molar-refractivity contribution in [3.8, 4) is 5.75 Å². The van der Waals surface area contributed by atoms with E-state index in [4.69, 9.17) is 9.84 Å². The number of aliphatic carboxylic acids is 1. The summed E-state index contributed by atoms with van der Waals surface area (Å²) in [5, 5.41) is 8.59. The highest BCUT2D eigenvalue weighted by Gasteiger charge is 2.05. The summed E-state index contributed by atoms with van der Waals surface area (Å²) in [5.74, 6) is 0.199. The highest BCUT2D eigenvalue weighted by Crippen LogP contribution is 2.24. The summed E-state index contributed by atoms with van der Waals surface area (Å²) >= 11 is 0. The van der Waals surface area contributed by atoms with Gasteiger partial charge < -0.3 is 14.7 Å². The Balaban J connectivity index is 2.50. The molecule has 106 valence electrons. The Labute approximate surface area is 115 Å². The van der Waals surface area contributed by atoms with E-state index in [2.05, 4.69) is 11.0 Å². The van der Waals surface area contributed by atoms with Gasteiger partial charge in [-0.15, -0.1) is 0 Å². The number of benzene rings is 1. The summed E-state index contributed by atoms with van der Waals surface area (Å²) in [7, 11) is 2.02. The fraction of sp³-hybridized carbons (Fsp3) is 0.533. The summed E-state index contributed by atoms with van der Waals surface area (Å²) in [6.45, 7) is 5.54. The molecule has 0 bridgehead atoms. The lowest BCUT2D eigenvalue weighted by atomic mass is 10.1. The number of carboxylic acids is 1. The Hall–Kier alpha value is -1.71. The molecule has 0 aliphatic heterocycles. The number of hydrogen-bond donors (Lipinski definition) is 1. The maximum Gasteiger partial charge on any atom is 0.303 e. The SMILES string of the molecule is CCOc1ccc(N(C)CCCCC(=O)O)cc1C. The molecule has 0 saturated heterocycles. The van der Waals surface area contributed by atoms with Gasteiger partial charge >= 0.3 is 5.97 Å². The molecule has 0 aliphatic carbocycles. The van der Waals surface area contributed by atoms with Crippen LogP contribution in [-0.2, 0) is 4.79 Å². The lowest BCUT2D eigenvalue weighted by Gasteiger charge is -2.20. The number of carbonyl (C=O) groups is 1. The summed E-state index contributed by atoms with van der Waals surface area (Å²) in [6, 6.07) is 6.12. The minimum atomic E-state index is -0.723. The topological polar surface area (TPSA) is 49.8 Å². The predicted molar refractivity (Wildman–Crippen MR) is 77.1 cm³/mol. The second kappa shape index (κ2) is 7.67. The molecule has 0 aliphatic rings. The van der Waals surface area contributed by atoms with E-state index in [1.165, 1.54) is 0 Å². The quantitative estimate of drug-likeness (QED) is 0.734. The third-order valence-electron chi connectivity index (χ3n) is 3.03. The molecular weight excluding hydrogens is 242 g/mol. The van der Waals surface area contributed by atoms with E-state index in [0.29, 0.717) is 6.61 Å². The number of ether oxygens (including phenoxy) is 1. The third kappa shape index (κ3) is 5.20. The van der Waals surface area contributed by atoms with Crippen molar-refractivity contribution in [1.29, 1.82) is 0 Å². The molecule has 0 unspecified atom stereocenters. The lowest BCUT2D eigenvalue weighted by molar-refractivity contribution is -0.137. The zero-order valence-corrected chi connectivity index (χ0v) is 12.0. The monoisotopic (exact) mass is 265 g/mol. The predicted octanol–water partition coefficient (Wildman–Crippen LogP) is 3.08. The second-order valence-electron chi connectivity index (χ2n) is 4.66. The maximum atomic E-state index is 10.4. The summed E-state index contributed by atoms with van der Waals surface area (Å²) in [5.41, 5.74) is 2.26. The van der Waals surface area contributed by atoms with E-state index < -0.39 is 5.97 Å². The van der Waals surface area contributed by atoms with Crippen LogP contribution in [-0.4, -0.2) is 31.3 Å². The van der Waals surface area contributed by atoms with Crippen molar-refractivity contribution >= 4 is 11.7 Å². The van der Waals surface area contributed by atoms with Crippen molar-refractivity contribution in [2.24, 2.45) is 0 Å². The van der Waals surface area contributed by atoms with Gasteiger partial charge in [0.05, 0.1) is 6.61 Å². The Morgan fingerprint density at radius 3 is 2.68 bits per heavy atom. The van der Waals surface area contributed by atoms with Gasteiger partial charge in [0.25, 0.3) is 0 Å². The number of unbranched alkanes of at least 4 members (excludes halogenated alkanes) is 1. The first kappa shape index (κ1) is 15.3. The molecule has 4 heteroatoms. The normalized spacial score (nSPS) is 10.3. The van der Waals surface area contributed by atoms with Crippen LogP contribution >= 0.6 is 0 Å². The molecule has 0 fully saturated rings. The molecule has 0 spiro atoms. The Kier molecular flexibility index (Phi) is 6.19. The number of aryl methyl sites for hydroxylation is 1. The Bertz CT molecular complexity index is 418. The van der Waals surface area contributed by atoms with Crippen LogP contribution in [0.3, 0.4) is 0 Å². The van der Waals surface area contributed by atoms with Gasteiger partial charge in [-0.05, 0) is 50.5 Å². The van der Waals surface area contributed by atoms with Gasteiger partial charge in [0.2, 0.25) is 0 Å². The van der Waals surface area contributed by atoms with Crippen LogP contribution in [0.4, 0.5) is 5.69 Å². The van der Waals surface area contributed by atoms with E-state index in [-0.39, 0.29) is 6.42 Å². The van der Waals surface area contributed by atoms with Gasteiger partial charge in [0, 0.05) is 25.7 Å². The van der Waals surface area contributed by atoms with E-state index in [1.807, 2.05) is 33.0 Å². The van der Waals surface area contributed by atoms with Crippen molar-refractivity contribution in [3.05, 3.63) is 23.8 Å². The minimum Gasteiger partial charge on any atom is -0.494 e. The molecule has 1 rings (SSSR count). The zero-order valence-electron chi connectivity index (χ0n) is 12.0. The number of anilines is 1. The van der Waals surface area contributed by atoms with Crippen LogP contribution in [0.25, 0.3) is 0 Å². The first-order chi connectivity index (χ1) is 9.04. The largest absolute Gasteiger partial charge is 0.494 e. The van der Waals surface area contributed by atoms with Crippen molar-refractivity contribution in [2.45, 2.75) is 33.1 Å². The van der Waals surface area contributed by atoms with Crippen molar-refractivity contribution in [2.75, 3.05) is 25.1 Å². The summed E-state index contributed by atoms with van der Waals surface area (Å²) < 4.78 is 5.51. The van der Waals surface area contributed by atoms with E-state index in [1.54, 1.807) is 0 Å². The highest BCUT2D eigenvalue weighted by molar-refractivity contribution is 5.66. The molecule has 0 radical (unpaired) electrons. The summed E-state index contributed by atoms with van der Waals surface area (Å²) in [6.07, 6.45) is 1.85. The maximum absolute atomic E-state index is 10.4. The van der Waals surface area contributed by atoms with Crippen LogP contribution in [0, 0.1) is 6.92 Å². The Morgan fingerprint density at radius 2 is 2.11 bits per heavy atom. The average molecular weight is 265 g/mol. The molecule has 0 aromatic heterocycles. The number of hydrogen-bond acceptors (Lipinski definition) is 3. The molecule has 4 nitrogen and oxygen atoms in total. The van der Waals surface area contributed by atoms with Gasteiger partial charge in [-0.2, -0.15) is 0 Å². The molecule has 1 aromatic rings. The molecule has 1 aromatic carbocycles. The average Bonchev–Trinajstić information content (AvgIpc) is 2.36. The van der Waals surface area contributed by atoms with Crippen molar-refractivity contribution in [1.82, 2.24) is 0 Å². The molecule has 0 atom stereocenters. The van der Waals surface area contributed by atoms with E-state index in [9.17, 15) is 4.79 Å². The van der Waals surface area contributed by atoms with Crippen LogP contribution in [0.5, 0.6) is 5.75 Å². The molecule has 0 amide bonds. The lowest BCUT2D eigenvalue weighted by Crippen LogP contribution is -2.18. The molecule has 0 heterocycles. The second-order valence-corrected chi connectivity index (χ2v) is 4.66. The van der Waals surface area contributed by atoms with E-state index >= 15 is 0 Å². The standard InChI is InChI=1S/C15H23NO3/c1-4-19-14-9-8-13(11-12(14)2)16(3)10-6-5-7-15(17)18/h8-9,11H,4-7,10H2,1-3H3,(H,17,18). The molecule has 0 saturated carbocycles. The van der Waals surface area contributed by atoms with Crippen molar-refractivity contribution in [3.63, 3.8) is 0 Å². The molecule has 1 N–H and O–H groups in total. The van der Waals surface area contributed by atoms with Gasteiger partial charge in [0.1, 0.15) is 5.75 Å². The van der Waals surface area contributed by atoms with Gasteiger partial charge in [-0.25, -0.2) is 0 Å². The number of nitrogens with zero attached hydrogens (tertiary/aromatic N) is 1. The number of carboxylic acid groups (broad SMARTS) is 1.